The van der Waals surface area contributed by atoms with Gasteiger partial charge in [0, 0.05) is 10.5 Å². The quantitative estimate of drug-likeness (QED) is 0.624. The first-order valence-electron chi connectivity index (χ1n) is 4.84. The van der Waals surface area contributed by atoms with E-state index in [2.05, 4.69) is 52.9 Å². The molecule has 0 fully saturated rings. The van der Waals surface area contributed by atoms with Crippen molar-refractivity contribution in [2.75, 3.05) is 6.54 Å². The molecule has 1 N–H and O–H groups in total. The zero-order valence-corrected chi connectivity index (χ0v) is 10.0. The number of nitrogens with one attached hydrogen (secondary N) is 1. The molecule has 1 nitrogen and oxygen atoms in total. The molecule has 14 heavy (non-hydrogen) atoms. The summed E-state index contributed by atoms with van der Waals surface area (Å²) in [5, 5.41) is 3.43. The summed E-state index contributed by atoms with van der Waals surface area (Å²) in [5.41, 5.74) is 1.31. The molecule has 0 heterocycles. The van der Waals surface area contributed by atoms with Crippen LogP contribution in [0.2, 0.25) is 0 Å². The third kappa shape index (κ3) is 3.64. The highest BCUT2D eigenvalue weighted by Gasteiger charge is 2.03. The summed E-state index contributed by atoms with van der Waals surface area (Å²) < 4.78 is 1.13. The van der Waals surface area contributed by atoms with Crippen molar-refractivity contribution in [2.45, 2.75) is 19.4 Å². The summed E-state index contributed by atoms with van der Waals surface area (Å²) in [6.07, 6.45) is 2.94. The van der Waals surface area contributed by atoms with Crippen molar-refractivity contribution in [2.24, 2.45) is 0 Å². The molecule has 0 radical (unpaired) electrons. The standard InChI is InChI=1S/C12H16BrN/c1-3-4-8-14-10(2)11-6-5-7-12(13)9-11/h3,5-7,9-10,14H,1,4,8H2,2H3/t10-/m1/s1. The van der Waals surface area contributed by atoms with Crippen LogP contribution < -0.4 is 5.32 Å². The lowest BCUT2D eigenvalue weighted by Gasteiger charge is -2.13. The minimum Gasteiger partial charge on any atom is -0.310 e. The Morgan fingerprint density at radius 2 is 2.36 bits per heavy atom. The second-order valence-electron chi connectivity index (χ2n) is 3.31. The van der Waals surface area contributed by atoms with Crippen molar-refractivity contribution in [1.29, 1.82) is 0 Å². The molecule has 0 aliphatic carbocycles. The van der Waals surface area contributed by atoms with Crippen molar-refractivity contribution in [3.63, 3.8) is 0 Å². The molecule has 1 aromatic rings. The summed E-state index contributed by atoms with van der Waals surface area (Å²) in [7, 11) is 0. The Hall–Kier alpha value is -0.600. The van der Waals surface area contributed by atoms with Crippen molar-refractivity contribution < 1.29 is 0 Å². The molecule has 0 saturated carbocycles. The Labute approximate surface area is 94.3 Å². The summed E-state index contributed by atoms with van der Waals surface area (Å²) in [5.74, 6) is 0. The Morgan fingerprint density at radius 1 is 1.57 bits per heavy atom. The van der Waals surface area contributed by atoms with E-state index in [4.69, 9.17) is 0 Å². The maximum atomic E-state index is 3.70. The van der Waals surface area contributed by atoms with Gasteiger partial charge >= 0.3 is 0 Å². The van der Waals surface area contributed by atoms with E-state index in [0.29, 0.717) is 6.04 Å². The smallest absolute Gasteiger partial charge is 0.0292 e. The van der Waals surface area contributed by atoms with E-state index in [1.165, 1.54) is 5.56 Å². The molecule has 2 heteroatoms. The molecule has 0 aliphatic heterocycles. The second kappa shape index (κ2) is 5.99. The lowest BCUT2D eigenvalue weighted by Crippen LogP contribution is -2.19. The largest absolute Gasteiger partial charge is 0.310 e. The van der Waals surface area contributed by atoms with Crippen LogP contribution in [0.25, 0.3) is 0 Å². The fourth-order valence-corrected chi connectivity index (χ4v) is 1.71. The highest BCUT2D eigenvalue weighted by molar-refractivity contribution is 9.10. The predicted molar refractivity (Wildman–Crippen MR) is 65.4 cm³/mol. The van der Waals surface area contributed by atoms with Gasteiger partial charge in [-0.15, -0.1) is 6.58 Å². The SMILES string of the molecule is C=CCCN[C@H](C)c1cccc(Br)c1. The van der Waals surface area contributed by atoms with Crippen LogP contribution in [-0.2, 0) is 0 Å². The minimum absolute atomic E-state index is 0.396. The number of benzene rings is 1. The van der Waals surface area contributed by atoms with E-state index in [9.17, 15) is 0 Å². The van der Waals surface area contributed by atoms with Gasteiger partial charge in [-0.1, -0.05) is 34.1 Å². The maximum absolute atomic E-state index is 3.70. The van der Waals surface area contributed by atoms with Crippen LogP contribution >= 0.6 is 15.9 Å². The molecule has 0 bridgehead atoms. The molecule has 1 rings (SSSR count). The van der Waals surface area contributed by atoms with Gasteiger partial charge in [0.25, 0.3) is 0 Å². The number of hydrogen-bond acceptors (Lipinski definition) is 1. The highest BCUT2D eigenvalue weighted by atomic mass is 79.9. The second-order valence-corrected chi connectivity index (χ2v) is 4.22. The summed E-state index contributed by atoms with van der Waals surface area (Å²) in [6, 6.07) is 8.78. The minimum atomic E-state index is 0.396. The van der Waals surface area contributed by atoms with Gasteiger partial charge in [-0.25, -0.2) is 0 Å². The van der Waals surface area contributed by atoms with Gasteiger partial charge in [0.15, 0.2) is 0 Å². The van der Waals surface area contributed by atoms with E-state index in [0.717, 1.165) is 17.4 Å². The number of halogens is 1. The molecule has 0 aromatic heterocycles. The van der Waals surface area contributed by atoms with Crippen LogP contribution in [0.15, 0.2) is 41.4 Å². The molecular weight excluding hydrogens is 238 g/mol. The molecule has 0 amide bonds. The average molecular weight is 254 g/mol. The summed E-state index contributed by atoms with van der Waals surface area (Å²) in [4.78, 5) is 0. The molecule has 0 saturated heterocycles. The van der Waals surface area contributed by atoms with Crippen LogP contribution in [0, 0.1) is 0 Å². The van der Waals surface area contributed by atoms with Crippen molar-refractivity contribution >= 4 is 15.9 Å². The van der Waals surface area contributed by atoms with E-state index < -0.39 is 0 Å². The molecule has 0 aliphatic rings. The van der Waals surface area contributed by atoms with Gasteiger partial charge in [0.05, 0.1) is 0 Å². The molecule has 1 aromatic carbocycles. The molecular formula is C12H16BrN. The zero-order valence-electron chi connectivity index (χ0n) is 8.46. The van der Waals surface area contributed by atoms with E-state index in [1.54, 1.807) is 0 Å². The third-order valence-corrected chi connectivity index (χ3v) is 2.64. The van der Waals surface area contributed by atoms with E-state index in [-0.39, 0.29) is 0 Å². The number of rotatable bonds is 5. The Balaban J connectivity index is 2.51. The van der Waals surface area contributed by atoms with Crippen molar-refractivity contribution in [1.82, 2.24) is 5.32 Å². The summed E-state index contributed by atoms with van der Waals surface area (Å²) in [6.45, 7) is 6.85. The van der Waals surface area contributed by atoms with Gasteiger partial charge in [-0.3, -0.25) is 0 Å². The van der Waals surface area contributed by atoms with Crippen molar-refractivity contribution in [3.8, 4) is 0 Å². The predicted octanol–water partition coefficient (Wildman–Crippen LogP) is 3.68. The average Bonchev–Trinajstić information content (AvgIpc) is 2.18. The Morgan fingerprint density at radius 3 is 3.00 bits per heavy atom. The van der Waals surface area contributed by atoms with E-state index in [1.807, 2.05) is 12.1 Å². The van der Waals surface area contributed by atoms with E-state index >= 15 is 0 Å². The van der Waals surface area contributed by atoms with Gasteiger partial charge in [-0.2, -0.15) is 0 Å². The summed E-state index contributed by atoms with van der Waals surface area (Å²) >= 11 is 3.47. The normalized spacial score (nSPS) is 12.4. The van der Waals surface area contributed by atoms with Gasteiger partial charge in [-0.05, 0) is 37.6 Å². The van der Waals surface area contributed by atoms with Gasteiger partial charge in [0.2, 0.25) is 0 Å². The first-order valence-corrected chi connectivity index (χ1v) is 5.63. The first kappa shape index (κ1) is 11.5. The Bertz CT molecular complexity index is 296. The lowest BCUT2D eigenvalue weighted by atomic mass is 10.1. The first-order chi connectivity index (χ1) is 6.74. The monoisotopic (exact) mass is 253 g/mol. The molecule has 76 valence electrons. The highest BCUT2D eigenvalue weighted by Crippen LogP contribution is 2.17. The Kier molecular flexibility index (Phi) is 4.91. The third-order valence-electron chi connectivity index (χ3n) is 2.15. The van der Waals surface area contributed by atoms with Crippen LogP contribution in [0.1, 0.15) is 24.9 Å². The van der Waals surface area contributed by atoms with Crippen LogP contribution in [-0.4, -0.2) is 6.54 Å². The molecule has 0 spiro atoms. The maximum Gasteiger partial charge on any atom is 0.0292 e. The van der Waals surface area contributed by atoms with Crippen molar-refractivity contribution in [3.05, 3.63) is 47.0 Å². The fraction of sp³-hybridized carbons (Fsp3) is 0.333. The lowest BCUT2D eigenvalue weighted by molar-refractivity contribution is 0.581. The fourth-order valence-electron chi connectivity index (χ4n) is 1.30. The molecule has 0 unspecified atom stereocenters. The van der Waals surface area contributed by atoms with Crippen LogP contribution in [0.3, 0.4) is 0 Å². The van der Waals surface area contributed by atoms with Gasteiger partial charge in [0.1, 0.15) is 0 Å². The van der Waals surface area contributed by atoms with Crippen LogP contribution in [0.5, 0.6) is 0 Å². The topological polar surface area (TPSA) is 12.0 Å². The van der Waals surface area contributed by atoms with Gasteiger partial charge < -0.3 is 5.32 Å². The molecule has 1 atom stereocenters. The van der Waals surface area contributed by atoms with Crippen LogP contribution in [0.4, 0.5) is 0 Å². The number of hydrogen-bond donors (Lipinski definition) is 1. The zero-order chi connectivity index (χ0) is 10.4.